The third-order valence-corrected chi connectivity index (χ3v) is 5.93. The Kier molecular flexibility index (Phi) is 4.76. The summed E-state index contributed by atoms with van der Waals surface area (Å²) in [6.07, 6.45) is 3.37. The van der Waals surface area contributed by atoms with Crippen molar-refractivity contribution < 1.29 is 17.9 Å². The number of nitrogens with one attached hydrogen (secondary N) is 1. The van der Waals surface area contributed by atoms with Crippen molar-refractivity contribution in [2.75, 3.05) is 7.11 Å². The molecule has 1 heterocycles. The van der Waals surface area contributed by atoms with Crippen molar-refractivity contribution in [1.82, 2.24) is 9.71 Å². The first kappa shape index (κ1) is 17.1. The average Bonchev–Trinajstić information content (AvgIpc) is 3.39. The normalized spacial score (nSPS) is 16.1. The number of benzene rings is 1. The molecule has 1 saturated carbocycles. The van der Waals surface area contributed by atoms with Gasteiger partial charge in [-0.05, 0) is 43.0 Å². The lowest BCUT2D eigenvalue weighted by Crippen LogP contribution is -2.38. The van der Waals surface area contributed by atoms with Gasteiger partial charge in [-0.2, -0.15) is 0 Å². The molecule has 0 saturated heterocycles. The second-order valence-electron chi connectivity index (χ2n) is 5.79. The maximum atomic E-state index is 12.8. The Morgan fingerprint density at radius 3 is 2.83 bits per heavy atom. The molecule has 24 heavy (non-hydrogen) atoms. The van der Waals surface area contributed by atoms with Gasteiger partial charge in [0, 0.05) is 17.6 Å². The van der Waals surface area contributed by atoms with E-state index in [-0.39, 0.29) is 17.2 Å². The Labute approximate surface area is 145 Å². The van der Waals surface area contributed by atoms with Crippen molar-refractivity contribution >= 4 is 38.5 Å². The van der Waals surface area contributed by atoms with Crippen molar-refractivity contribution in [3.63, 3.8) is 0 Å². The van der Waals surface area contributed by atoms with Crippen LogP contribution in [0.4, 0.5) is 0 Å². The number of hydrogen-bond donors (Lipinski definition) is 1. The Hall–Kier alpha value is -1.70. The molecule has 8 heteroatoms. The smallest absolute Gasteiger partial charge is 0.307 e. The highest BCUT2D eigenvalue weighted by Crippen LogP contribution is 2.35. The fraction of sp³-hybridized carbons (Fsp3) is 0.375. The number of carbonyl (C=O) groups is 1. The number of fused-ring (bicyclic) bond motifs is 1. The molecule has 1 aliphatic carbocycles. The Morgan fingerprint density at radius 1 is 1.42 bits per heavy atom. The Bertz CT molecular complexity index is 881. The van der Waals surface area contributed by atoms with Crippen LogP contribution in [0.3, 0.4) is 0 Å². The second-order valence-corrected chi connectivity index (χ2v) is 7.88. The number of pyridine rings is 1. The van der Waals surface area contributed by atoms with Crippen LogP contribution >= 0.6 is 11.6 Å². The third-order valence-electron chi connectivity index (χ3n) is 4.08. The Balaban J connectivity index is 1.95. The van der Waals surface area contributed by atoms with Crippen LogP contribution in [-0.2, 0) is 19.6 Å². The fourth-order valence-electron chi connectivity index (χ4n) is 2.68. The first-order valence-electron chi connectivity index (χ1n) is 7.55. The summed E-state index contributed by atoms with van der Waals surface area (Å²) in [5.74, 6) is -0.271. The molecule has 1 aromatic heterocycles. The molecule has 6 nitrogen and oxygen atoms in total. The molecule has 0 amide bonds. The summed E-state index contributed by atoms with van der Waals surface area (Å²) in [7, 11) is -2.53. The first-order valence-corrected chi connectivity index (χ1v) is 9.41. The SMILES string of the molecule is COC(=O)C[C@H](NS(=O)(=O)c1ccc(Cl)c2ncccc12)C1CC1. The summed E-state index contributed by atoms with van der Waals surface area (Å²) >= 11 is 6.09. The summed E-state index contributed by atoms with van der Waals surface area (Å²) < 4.78 is 33.0. The predicted octanol–water partition coefficient (Wildman–Crippen LogP) is 2.51. The van der Waals surface area contributed by atoms with Gasteiger partial charge in [0.1, 0.15) is 0 Å². The lowest BCUT2D eigenvalue weighted by Gasteiger charge is -2.18. The van der Waals surface area contributed by atoms with Crippen LogP contribution in [0.25, 0.3) is 10.9 Å². The molecular formula is C16H17ClN2O4S. The van der Waals surface area contributed by atoms with Gasteiger partial charge >= 0.3 is 5.97 Å². The summed E-state index contributed by atoms with van der Waals surface area (Å²) in [6, 6.07) is 5.82. The monoisotopic (exact) mass is 368 g/mol. The number of hydrogen-bond acceptors (Lipinski definition) is 5. The zero-order chi connectivity index (χ0) is 17.3. The van der Waals surface area contributed by atoms with Gasteiger partial charge in [0.25, 0.3) is 0 Å². The number of carbonyl (C=O) groups excluding carboxylic acids is 1. The molecule has 1 aliphatic rings. The van der Waals surface area contributed by atoms with Crippen molar-refractivity contribution in [3.05, 3.63) is 35.5 Å². The van der Waals surface area contributed by atoms with Crippen molar-refractivity contribution in [2.24, 2.45) is 5.92 Å². The van der Waals surface area contributed by atoms with E-state index in [1.54, 1.807) is 18.3 Å². The van der Waals surface area contributed by atoms with Crippen LogP contribution in [-0.4, -0.2) is 32.5 Å². The van der Waals surface area contributed by atoms with E-state index in [9.17, 15) is 13.2 Å². The molecule has 2 aromatic rings. The van der Waals surface area contributed by atoms with E-state index in [4.69, 9.17) is 11.6 Å². The number of ether oxygens (including phenoxy) is 1. The zero-order valence-corrected chi connectivity index (χ0v) is 14.6. The fourth-order valence-corrected chi connectivity index (χ4v) is 4.39. The minimum Gasteiger partial charge on any atom is -0.469 e. The molecule has 1 N–H and O–H groups in total. The molecule has 0 radical (unpaired) electrons. The van der Waals surface area contributed by atoms with Gasteiger partial charge in [0.2, 0.25) is 10.0 Å². The molecule has 128 valence electrons. The van der Waals surface area contributed by atoms with E-state index in [0.29, 0.717) is 15.9 Å². The zero-order valence-electron chi connectivity index (χ0n) is 13.0. The molecule has 0 spiro atoms. The van der Waals surface area contributed by atoms with Crippen LogP contribution in [0.1, 0.15) is 19.3 Å². The second kappa shape index (κ2) is 6.66. The number of methoxy groups -OCH3 is 1. The number of nitrogens with zero attached hydrogens (tertiary/aromatic N) is 1. The predicted molar refractivity (Wildman–Crippen MR) is 90.2 cm³/mol. The highest BCUT2D eigenvalue weighted by Gasteiger charge is 2.36. The van der Waals surface area contributed by atoms with Gasteiger partial charge < -0.3 is 4.74 Å². The van der Waals surface area contributed by atoms with Gasteiger partial charge in [-0.3, -0.25) is 9.78 Å². The van der Waals surface area contributed by atoms with E-state index in [1.165, 1.54) is 19.2 Å². The number of rotatable bonds is 6. The highest BCUT2D eigenvalue weighted by atomic mass is 35.5. The van der Waals surface area contributed by atoms with Crippen molar-refractivity contribution in [3.8, 4) is 0 Å². The van der Waals surface area contributed by atoms with Gasteiger partial charge in [-0.25, -0.2) is 13.1 Å². The van der Waals surface area contributed by atoms with Gasteiger partial charge in [0.05, 0.1) is 29.0 Å². The highest BCUT2D eigenvalue weighted by molar-refractivity contribution is 7.89. The summed E-state index contributed by atoms with van der Waals surface area (Å²) in [5.41, 5.74) is 0.429. The van der Waals surface area contributed by atoms with E-state index in [0.717, 1.165) is 12.8 Å². The molecule has 3 rings (SSSR count). The average molecular weight is 369 g/mol. The van der Waals surface area contributed by atoms with Crippen molar-refractivity contribution in [1.29, 1.82) is 0 Å². The molecular weight excluding hydrogens is 352 g/mol. The maximum Gasteiger partial charge on any atom is 0.307 e. The third kappa shape index (κ3) is 3.53. The van der Waals surface area contributed by atoms with E-state index in [2.05, 4.69) is 14.4 Å². The minimum absolute atomic E-state index is 0.0180. The molecule has 1 atom stereocenters. The topological polar surface area (TPSA) is 85.4 Å². The van der Waals surface area contributed by atoms with Crippen LogP contribution in [0, 0.1) is 5.92 Å². The lowest BCUT2D eigenvalue weighted by atomic mass is 10.1. The van der Waals surface area contributed by atoms with Gasteiger partial charge in [-0.1, -0.05) is 11.6 Å². The number of halogens is 1. The number of sulfonamides is 1. The van der Waals surface area contributed by atoms with Crippen LogP contribution < -0.4 is 4.72 Å². The van der Waals surface area contributed by atoms with E-state index in [1.807, 2.05) is 0 Å². The lowest BCUT2D eigenvalue weighted by molar-refractivity contribution is -0.141. The largest absolute Gasteiger partial charge is 0.469 e. The molecule has 1 fully saturated rings. The van der Waals surface area contributed by atoms with E-state index < -0.39 is 22.0 Å². The first-order chi connectivity index (χ1) is 11.4. The van der Waals surface area contributed by atoms with E-state index >= 15 is 0 Å². The molecule has 0 aliphatic heterocycles. The van der Waals surface area contributed by atoms with Crippen molar-refractivity contribution in [2.45, 2.75) is 30.2 Å². The molecule has 0 unspecified atom stereocenters. The quantitative estimate of drug-likeness (QED) is 0.792. The molecule has 0 bridgehead atoms. The summed E-state index contributed by atoms with van der Waals surface area (Å²) in [4.78, 5) is 15.8. The van der Waals surface area contributed by atoms with Crippen LogP contribution in [0.5, 0.6) is 0 Å². The minimum atomic E-state index is -3.82. The van der Waals surface area contributed by atoms with Gasteiger partial charge in [0.15, 0.2) is 0 Å². The summed E-state index contributed by atoms with van der Waals surface area (Å²) in [6.45, 7) is 0. The standard InChI is InChI=1S/C16H17ClN2O4S/c1-23-15(20)9-13(10-4-5-10)19-24(21,22)14-7-6-12(17)16-11(14)3-2-8-18-16/h2-3,6-8,10,13,19H,4-5,9H2,1H3/t13-/m0/s1. The number of esters is 1. The number of aromatic nitrogens is 1. The summed E-state index contributed by atoms with van der Waals surface area (Å²) in [5, 5.41) is 0.836. The van der Waals surface area contributed by atoms with Crippen LogP contribution in [0.2, 0.25) is 5.02 Å². The van der Waals surface area contributed by atoms with Crippen LogP contribution in [0.15, 0.2) is 35.4 Å². The van der Waals surface area contributed by atoms with Gasteiger partial charge in [-0.15, -0.1) is 0 Å². The maximum absolute atomic E-state index is 12.8. The Morgan fingerprint density at radius 2 is 2.17 bits per heavy atom. The molecule has 1 aromatic carbocycles.